The molecule has 0 amide bonds. The van der Waals surface area contributed by atoms with Gasteiger partial charge in [0.2, 0.25) is 10.0 Å². The van der Waals surface area contributed by atoms with Gasteiger partial charge in [0.15, 0.2) is 0 Å². The van der Waals surface area contributed by atoms with Crippen LogP contribution in [0.25, 0.3) is 0 Å². The van der Waals surface area contributed by atoms with Crippen molar-refractivity contribution in [1.29, 1.82) is 0 Å². The quantitative estimate of drug-likeness (QED) is 0.755. The second-order valence-electron chi connectivity index (χ2n) is 4.68. The predicted octanol–water partition coefficient (Wildman–Crippen LogP) is 2.32. The molecule has 0 saturated heterocycles. The molecular formula is C13H21ClN2O3S. The number of sulfonamides is 1. The van der Waals surface area contributed by atoms with Crippen molar-refractivity contribution in [3.63, 3.8) is 0 Å². The van der Waals surface area contributed by atoms with E-state index in [0.29, 0.717) is 29.3 Å². The van der Waals surface area contributed by atoms with Crippen molar-refractivity contribution in [3.8, 4) is 0 Å². The second-order valence-corrected chi connectivity index (χ2v) is 6.80. The number of ether oxygens (including phenoxy) is 1. The lowest BCUT2D eigenvalue weighted by atomic mass is 10.2. The van der Waals surface area contributed by atoms with E-state index in [4.69, 9.17) is 22.1 Å². The summed E-state index contributed by atoms with van der Waals surface area (Å²) < 4.78 is 32.3. The molecule has 0 radical (unpaired) electrons. The number of nitrogens with one attached hydrogen (secondary N) is 1. The van der Waals surface area contributed by atoms with Gasteiger partial charge in [0.1, 0.15) is 0 Å². The number of methoxy groups -OCH3 is 1. The van der Waals surface area contributed by atoms with Crippen LogP contribution in [0.5, 0.6) is 0 Å². The fraction of sp³-hybridized carbons (Fsp3) is 0.538. The van der Waals surface area contributed by atoms with Gasteiger partial charge in [-0.25, -0.2) is 13.1 Å². The Morgan fingerprint density at radius 2 is 2.10 bits per heavy atom. The van der Waals surface area contributed by atoms with Crippen molar-refractivity contribution >= 4 is 27.3 Å². The highest BCUT2D eigenvalue weighted by Gasteiger charge is 2.21. The number of halogens is 1. The molecule has 114 valence electrons. The van der Waals surface area contributed by atoms with E-state index < -0.39 is 10.0 Å². The lowest BCUT2D eigenvalue weighted by molar-refractivity contribution is 0.171. The first-order chi connectivity index (χ1) is 9.31. The first kappa shape index (κ1) is 17.2. The molecule has 0 saturated carbocycles. The van der Waals surface area contributed by atoms with Crippen molar-refractivity contribution in [2.24, 2.45) is 0 Å². The molecule has 1 aromatic rings. The van der Waals surface area contributed by atoms with E-state index in [1.54, 1.807) is 6.92 Å². The van der Waals surface area contributed by atoms with Crippen LogP contribution in [0.2, 0.25) is 5.02 Å². The summed E-state index contributed by atoms with van der Waals surface area (Å²) in [6, 6.07) is 2.56. The molecule has 0 aliphatic rings. The molecule has 0 bridgehead atoms. The highest BCUT2D eigenvalue weighted by Crippen LogP contribution is 2.26. The standard InChI is InChI=1S/C13H21ClN2O3S/c1-4-5-10(8-19-3)16-20(17,18)11-6-12(14)9(2)13(15)7-11/h6-7,10,16H,4-5,8,15H2,1-3H3. The average molecular weight is 321 g/mol. The molecule has 20 heavy (non-hydrogen) atoms. The Labute approximate surface area is 125 Å². The van der Waals surface area contributed by atoms with Gasteiger partial charge in [0.05, 0.1) is 11.5 Å². The van der Waals surface area contributed by atoms with Gasteiger partial charge >= 0.3 is 0 Å². The van der Waals surface area contributed by atoms with E-state index in [9.17, 15) is 8.42 Å². The zero-order valence-corrected chi connectivity index (χ0v) is 13.5. The van der Waals surface area contributed by atoms with E-state index in [-0.39, 0.29) is 10.9 Å². The third-order valence-electron chi connectivity index (χ3n) is 3.00. The highest BCUT2D eigenvalue weighted by molar-refractivity contribution is 7.89. The third-order valence-corrected chi connectivity index (χ3v) is 4.89. The normalized spacial score (nSPS) is 13.4. The van der Waals surface area contributed by atoms with Crippen LogP contribution in [0.1, 0.15) is 25.3 Å². The van der Waals surface area contributed by atoms with Gasteiger partial charge in [-0.05, 0) is 31.0 Å². The summed E-state index contributed by atoms with van der Waals surface area (Å²) in [5.74, 6) is 0. The fourth-order valence-electron chi connectivity index (χ4n) is 1.84. The Morgan fingerprint density at radius 1 is 1.45 bits per heavy atom. The molecule has 0 aliphatic carbocycles. The molecule has 1 atom stereocenters. The SMILES string of the molecule is CCCC(COC)NS(=O)(=O)c1cc(N)c(C)c(Cl)c1. The van der Waals surface area contributed by atoms with Crippen LogP contribution < -0.4 is 10.5 Å². The molecule has 7 heteroatoms. The molecular weight excluding hydrogens is 300 g/mol. The number of benzene rings is 1. The van der Waals surface area contributed by atoms with Crippen LogP contribution in [0.3, 0.4) is 0 Å². The second kappa shape index (κ2) is 7.26. The van der Waals surface area contributed by atoms with E-state index >= 15 is 0 Å². The predicted molar refractivity (Wildman–Crippen MR) is 81.5 cm³/mol. The Kier molecular flexibility index (Phi) is 6.26. The van der Waals surface area contributed by atoms with Gasteiger partial charge in [0.25, 0.3) is 0 Å². The molecule has 0 heterocycles. The van der Waals surface area contributed by atoms with Crippen LogP contribution in [0.15, 0.2) is 17.0 Å². The maximum absolute atomic E-state index is 12.3. The van der Waals surface area contributed by atoms with Crippen molar-refractivity contribution in [2.75, 3.05) is 19.5 Å². The van der Waals surface area contributed by atoms with Crippen LogP contribution in [0, 0.1) is 6.92 Å². The zero-order chi connectivity index (χ0) is 15.3. The lowest BCUT2D eigenvalue weighted by Gasteiger charge is -2.18. The molecule has 0 aromatic heterocycles. The van der Waals surface area contributed by atoms with Gasteiger partial charge in [-0.15, -0.1) is 0 Å². The molecule has 0 fully saturated rings. The Balaban J connectivity index is 3.04. The monoisotopic (exact) mass is 320 g/mol. The van der Waals surface area contributed by atoms with E-state index in [1.165, 1.54) is 19.2 Å². The van der Waals surface area contributed by atoms with Crippen LogP contribution in [0.4, 0.5) is 5.69 Å². The lowest BCUT2D eigenvalue weighted by Crippen LogP contribution is -2.37. The zero-order valence-electron chi connectivity index (χ0n) is 11.9. The van der Waals surface area contributed by atoms with Gasteiger partial charge in [0, 0.05) is 23.9 Å². The summed E-state index contributed by atoms with van der Waals surface area (Å²) in [4.78, 5) is 0.0720. The number of nitrogens with two attached hydrogens (primary N) is 1. The minimum atomic E-state index is -3.66. The van der Waals surface area contributed by atoms with Crippen molar-refractivity contribution in [3.05, 3.63) is 22.7 Å². The molecule has 1 rings (SSSR count). The van der Waals surface area contributed by atoms with Crippen LogP contribution >= 0.6 is 11.6 Å². The van der Waals surface area contributed by atoms with Crippen molar-refractivity contribution in [2.45, 2.75) is 37.6 Å². The van der Waals surface area contributed by atoms with Gasteiger partial charge in [-0.2, -0.15) is 0 Å². The Bertz CT molecular complexity index is 532. The average Bonchev–Trinajstić information content (AvgIpc) is 2.35. The summed E-state index contributed by atoms with van der Waals surface area (Å²) in [5.41, 5.74) is 6.80. The number of nitrogen functional groups attached to an aromatic ring is 1. The third kappa shape index (κ3) is 4.34. The van der Waals surface area contributed by atoms with E-state index in [2.05, 4.69) is 4.72 Å². The molecule has 1 aromatic carbocycles. The van der Waals surface area contributed by atoms with E-state index in [0.717, 1.165) is 6.42 Å². The first-order valence-electron chi connectivity index (χ1n) is 6.38. The minimum absolute atomic E-state index is 0.0720. The number of hydrogen-bond acceptors (Lipinski definition) is 4. The maximum Gasteiger partial charge on any atom is 0.241 e. The number of anilines is 1. The first-order valence-corrected chi connectivity index (χ1v) is 8.24. The highest BCUT2D eigenvalue weighted by atomic mass is 35.5. The minimum Gasteiger partial charge on any atom is -0.398 e. The molecule has 5 nitrogen and oxygen atoms in total. The van der Waals surface area contributed by atoms with E-state index in [1.807, 2.05) is 6.92 Å². The molecule has 1 unspecified atom stereocenters. The number of hydrogen-bond donors (Lipinski definition) is 2. The van der Waals surface area contributed by atoms with Crippen LogP contribution in [-0.4, -0.2) is 28.2 Å². The fourth-order valence-corrected chi connectivity index (χ4v) is 3.45. The van der Waals surface area contributed by atoms with Crippen molar-refractivity contribution < 1.29 is 13.2 Å². The summed E-state index contributed by atoms with van der Waals surface area (Å²) in [6.45, 7) is 4.05. The summed E-state index contributed by atoms with van der Waals surface area (Å²) >= 11 is 5.99. The number of rotatable bonds is 7. The van der Waals surface area contributed by atoms with Gasteiger partial charge in [-0.1, -0.05) is 24.9 Å². The van der Waals surface area contributed by atoms with Gasteiger partial charge < -0.3 is 10.5 Å². The topological polar surface area (TPSA) is 81.4 Å². The Morgan fingerprint density at radius 3 is 2.60 bits per heavy atom. The van der Waals surface area contributed by atoms with Crippen molar-refractivity contribution in [1.82, 2.24) is 4.72 Å². The van der Waals surface area contributed by atoms with Gasteiger partial charge in [-0.3, -0.25) is 0 Å². The molecule has 0 aliphatic heterocycles. The van der Waals surface area contributed by atoms with Crippen LogP contribution in [-0.2, 0) is 14.8 Å². The Hall–Kier alpha value is -0.820. The summed E-state index contributed by atoms with van der Waals surface area (Å²) in [5, 5.41) is 0.337. The summed E-state index contributed by atoms with van der Waals surface area (Å²) in [7, 11) is -2.12. The molecule has 3 N–H and O–H groups in total. The largest absolute Gasteiger partial charge is 0.398 e. The molecule has 0 spiro atoms. The smallest absolute Gasteiger partial charge is 0.241 e. The maximum atomic E-state index is 12.3. The summed E-state index contributed by atoms with van der Waals surface area (Å²) in [6.07, 6.45) is 1.55.